The number of amides is 3. The van der Waals surface area contributed by atoms with E-state index in [1.165, 1.54) is 18.3 Å². The molecular formula is C14H10N4NaO5. The van der Waals surface area contributed by atoms with Gasteiger partial charge in [-0.3, -0.25) is 20.2 Å². The maximum absolute atomic E-state index is 11.3. The van der Waals surface area contributed by atoms with E-state index in [4.69, 9.17) is 4.42 Å². The Bertz CT molecular complexity index is 815. The van der Waals surface area contributed by atoms with Crippen LogP contribution in [-0.4, -0.2) is 64.2 Å². The number of nitro groups is 1. The molecule has 1 aromatic carbocycles. The first-order chi connectivity index (χ1) is 11.0. The molecule has 3 rings (SSSR count). The average molecular weight is 337 g/mol. The number of nitro benzene ring substituents is 1. The van der Waals surface area contributed by atoms with Crippen LogP contribution in [0, 0.1) is 10.1 Å². The zero-order chi connectivity index (χ0) is 16.4. The van der Waals surface area contributed by atoms with Crippen LogP contribution in [0.15, 0.2) is 45.9 Å². The van der Waals surface area contributed by atoms with E-state index >= 15 is 0 Å². The van der Waals surface area contributed by atoms with Crippen LogP contribution in [0.25, 0.3) is 11.3 Å². The molecule has 1 aliphatic heterocycles. The molecule has 0 saturated carbocycles. The van der Waals surface area contributed by atoms with Gasteiger partial charge in [-0.2, -0.15) is 5.10 Å². The van der Waals surface area contributed by atoms with Gasteiger partial charge in [0, 0.05) is 47.3 Å². The number of furan rings is 1. The van der Waals surface area contributed by atoms with Crippen LogP contribution in [-0.2, 0) is 4.79 Å². The predicted molar refractivity (Wildman–Crippen MR) is 84.4 cm³/mol. The van der Waals surface area contributed by atoms with Crippen LogP contribution in [0.1, 0.15) is 5.76 Å². The molecule has 10 heteroatoms. The van der Waals surface area contributed by atoms with Crippen molar-refractivity contribution in [3.8, 4) is 11.3 Å². The molecule has 0 unspecified atom stereocenters. The van der Waals surface area contributed by atoms with E-state index in [-0.39, 0.29) is 41.8 Å². The summed E-state index contributed by atoms with van der Waals surface area (Å²) in [6.45, 7) is -0.134. The van der Waals surface area contributed by atoms with Crippen molar-refractivity contribution >= 4 is 53.4 Å². The molecule has 1 N–H and O–H groups in total. The molecule has 2 aromatic rings. The number of rotatable bonds is 4. The van der Waals surface area contributed by atoms with Gasteiger partial charge in [0.2, 0.25) is 5.91 Å². The molecule has 3 amide bonds. The van der Waals surface area contributed by atoms with Crippen LogP contribution in [0.2, 0.25) is 0 Å². The topological polar surface area (TPSA) is 118 Å². The molecule has 0 aliphatic carbocycles. The normalized spacial score (nSPS) is 13.9. The number of carbonyl (C=O) groups excluding carboxylic acids is 2. The Morgan fingerprint density at radius 2 is 1.92 bits per heavy atom. The minimum atomic E-state index is -0.589. The van der Waals surface area contributed by atoms with Gasteiger partial charge in [-0.05, 0) is 24.3 Å². The first-order valence-corrected chi connectivity index (χ1v) is 6.53. The monoisotopic (exact) mass is 337 g/mol. The number of carbonyl (C=O) groups is 2. The van der Waals surface area contributed by atoms with E-state index in [1.54, 1.807) is 24.3 Å². The van der Waals surface area contributed by atoms with Crippen molar-refractivity contribution in [2.75, 3.05) is 6.54 Å². The summed E-state index contributed by atoms with van der Waals surface area (Å²) >= 11 is 0. The molecule has 1 radical (unpaired) electrons. The summed E-state index contributed by atoms with van der Waals surface area (Å²) in [5.74, 6) is 0.465. The van der Waals surface area contributed by atoms with Crippen molar-refractivity contribution in [1.82, 2.24) is 10.3 Å². The zero-order valence-electron chi connectivity index (χ0n) is 12.6. The first kappa shape index (κ1) is 17.9. The fourth-order valence-corrected chi connectivity index (χ4v) is 1.98. The molecule has 2 heterocycles. The molecule has 117 valence electrons. The van der Waals surface area contributed by atoms with E-state index in [0.717, 1.165) is 5.01 Å². The summed E-state index contributed by atoms with van der Waals surface area (Å²) in [5, 5.41) is 17.6. The number of benzene rings is 1. The van der Waals surface area contributed by atoms with Crippen molar-refractivity contribution in [1.29, 1.82) is 0 Å². The zero-order valence-corrected chi connectivity index (χ0v) is 14.6. The first-order valence-electron chi connectivity index (χ1n) is 6.53. The number of hydrogen-bond donors (Lipinski definition) is 1. The van der Waals surface area contributed by atoms with Gasteiger partial charge in [-0.1, -0.05) is 0 Å². The molecule has 1 aliphatic rings. The van der Waals surface area contributed by atoms with Gasteiger partial charge in [0.15, 0.2) is 0 Å². The third kappa shape index (κ3) is 3.88. The summed E-state index contributed by atoms with van der Waals surface area (Å²) in [4.78, 5) is 32.5. The molecule has 24 heavy (non-hydrogen) atoms. The van der Waals surface area contributed by atoms with E-state index in [9.17, 15) is 19.7 Å². The predicted octanol–water partition coefficient (Wildman–Crippen LogP) is 1.36. The van der Waals surface area contributed by atoms with Crippen molar-refractivity contribution < 1.29 is 18.9 Å². The number of nitrogens with zero attached hydrogens (tertiary/aromatic N) is 3. The van der Waals surface area contributed by atoms with Gasteiger partial charge in [0.1, 0.15) is 18.1 Å². The van der Waals surface area contributed by atoms with E-state index in [2.05, 4.69) is 10.4 Å². The third-order valence-electron chi connectivity index (χ3n) is 3.09. The second kappa shape index (κ2) is 7.39. The number of hydrogen-bond acceptors (Lipinski definition) is 6. The largest absolute Gasteiger partial charge is 0.455 e. The molecule has 1 aromatic heterocycles. The van der Waals surface area contributed by atoms with Crippen molar-refractivity contribution in [3.05, 3.63) is 52.3 Å². The number of imide groups is 1. The van der Waals surface area contributed by atoms with E-state index < -0.39 is 16.9 Å². The molecule has 0 bridgehead atoms. The van der Waals surface area contributed by atoms with Crippen LogP contribution in [0.3, 0.4) is 0 Å². The molecule has 9 nitrogen and oxygen atoms in total. The van der Waals surface area contributed by atoms with Gasteiger partial charge in [0.05, 0.1) is 11.1 Å². The SMILES string of the molecule is O=C1CN(/N=C/c2ccc(-c3ccc([N+](=O)[O-])cc3)o2)C(=O)N1.[Na]. The Morgan fingerprint density at radius 1 is 1.21 bits per heavy atom. The average Bonchev–Trinajstić information content (AvgIpc) is 3.11. The third-order valence-corrected chi connectivity index (χ3v) is 3.09. The van der Waals surface area contributed by atoms with Crippen LogP contribution < -0.4 is 5.32 Å². The number of non-ortho nitro benzene ring substituents is 1. The standard InChI is InChI=1S/C14H10N4O5.Na/c19-13-8-17(14(20)16-13)15-7-11-5-6-12(23-11)9-1-3-10(4-2-9)18(21)22;/h1-7H,8H2,(H,16,19,20);/b15-7+;. The van der Waals surface area contributed by atoms with Crippen LogP contribution in [0.4, 0.5) is 10.5 Å². The molecule has 1 fully saturated rings. The summed E-state index contributed by atoms with van der Waals surface area (Å²) in [6.07, 6.45) is 1.31. The van der Waals surface area contributed by atoms with Gasteiger partial charge in [-0.15, -0.1) is 0 Å². The van der Waals surface area contributed by atoms with Gasteiger partial charge in [-0.25, -0.2) is 9.80 Å². The van der Waals surface area contributed by atoms with Gasteiger partial charge < -0.3 is 4.42 Å². The van der Waals surface area contributed by atoms with Crippen molar-refractivity contribution in [2.45, 2.75) is 0 Å². The Hall–Kier alpha value is -2.49. The Balaban J connectivity index is 0.00000208. The molecule has 0 atom stereocenters. The summed E-state index contributed by atoms with van der Waals surface area (Å²) < 4.78 is 5.53. The fourth-order valence-electron chi connectivity index (χ4n) is 1.98. The van der Waals surface area contributed by atoms with Crippen molar-refractivity contribution in [2.24, 2.45) is 5.10 Å². The smallest absolute Gasteiger partial charge is 0.344 e. The maximum Gasteiger partial charge on any atom is 0.344 e. The Kier molecular flexibility index (Phi) is 5.50. The second-order valence-electron chi connectivity index (χ2n) is 4.66. The minimum absolute atomic E-state index is 0. The van der Waals surface area contributed by atoms with Crippen LogP contribution in [0.5, 0.6) is 0 Å². The van der Waals surface area contributed by atoms with Crippen LogP contribution >= 0.6 is 0 Å². The summed E-state index contributed by atoms with van der Waals surface area (Å²) in [7, 11) is 0. The van der Waals surface area contributed by atoms with E-state index in [0.29, 0.717) is 17.1 Å². The number of nitrogens with one attached hydrogen (secondary N) is 1. The van der Waals surface area contributed by atoms with Gasteiger partial charge >= 0.3 is 6.03 Å². The Morgan fingerprint density at radius 3 is 2.50 bits per heavy atom. The molecular weight excluding hydrogens is 327 g/mol. The Labute approximate surface area is 157 Å². The quantitative estimate of drug-likeness (QED) is 0.297. The van der Waals surface area contributed by atoms with Gasteiger partial charge in [0.25, 0.3) is 5.69 Å². The summed E-state index contributed by atoms with van der Waals surface area (Å²) in [5.41, 5.74) is 0.663. The second-order valence-corrected chi connectivity index (χ2v) is 4.66. The van der Waals surface area contributed by atoms with Crippen molar-refractivity contribution in [3.63, 3.8) is 0 Å². The maximum atomic E-state index is 11.3. The molecule has 1 saturated heterocycles. The summed E-state index contributed by atoms with van der Waals surface area (Å²) in [6, 6.07) is 8.63. The number of urea groups is 1. The van der Waals surface area contributed by atoms with E-state index in [1.807, 2.05) is 0 Å². The molecule has 0 spiro atoms. The fraction of sp³-hybridized carbons (Fsp3) is 0.0714. The number of hydrazone groups is 1. The minimum Gasteiger partial charge on any atom is -0.455 e.